The molecule has 0 aromatic heterocycles. The molecule has 22 nitrogen and oxygen atoms in total. The van der Waals surface area contributed by atoms with Gasteiger partial charge in [-0.1, -0.05) is 86.6 Å². The lowest BCUT2D eigenvalue weighted by atomic mass is 9.88. The van der Waals surface area contributed by atoms with Crippen molar-refractivity contribution in [3.8, 4) is 28.4 Å². The third-order valence-corrected chi connectivity index (χ3v) is 13.3. The molecule has 0 amide bonds. The molecule has 0 unspecified atom stereocenters. The number of carbonyl (C=O) groups excluding carboxylic acids is 2. The smallest absolute Gasteiger partial charge is 0.338 e. The van der Waals surface area contributed by atoms with Gasteiger partial charge < -0.3 is 99.2 Å². The highest BCUT2D eigenvalue weighted by Gasteiger charge is 2.56. The Balaban J connectivity index is 1.27. The minimum Gasteiger partial charge on any atom is -0.508 e. The van der Waals surface area contributed by atoms with Crippen molar-refractivity contribution in [1.29, 1.82) is 0 Å². The highest BCUT2D eigenvalue weighted by Crippen LogP contribution is 2.43. The summed E-state index contributed by atoms with van der Waals surface area (Å²) < 4.78 is 47.1. The summed E-state index contributed by atoms with van der Waals surface area (Å²) in [6, 6.07) is 15.7. The van der Waals surface area contributed by atoms with E-state index in [1.54, 1.807) is 30.4 Å². The first-order valence-electron chi connectivity index (χ1n) is 26.2. The molecule has 0 spiro atoms. The summed E-state index contributed by atoms with van der Waals surface area (Å²) in [5.74, 6) is -2.46. The van der Waals surface area contributed by atoms with E-state index in [1.807, 2.05) is 50.3 Å². The summed E-state index contributed by atoms with van der Waals surface area (Å²) in [6.07, 6.45) is -12.5. The number of allylic oxidation sites excluding steroid dienone is 5. The van der Waals surface area contributed by atoms with Crippen LogP contribution in [0, 0.1) is 0 Å². The molecule has 434 valence electrons. The van der Waals surface area contributed by atoms with Crippen molar-refractivity contribution >= 4 is 11.9 Å². The predicted molar refractivity (Wildman–Crippen MR) is 280 cm³/mol. The quantitative estimate of drug-likeness (QED) is 0.0250. The molecule has 3 aromatic rings. The Labute approximate surface area is 457 Å². The van der Waals surface area contributed by atoms with Crippen molar-refractivity contribution in [3.05, 3.63) is 126 Å². The number of phenols is 2. The van der Waals surface area contributed by atoms with Crippen molar-refractivity contribution < 1.29 is 109 Å². The molecule has 0 aliphatic carbocycles. The van der Waals surface area contributed by atoms with E-state index in [4.69, 9.17) is 37.9 Å². The van der Waals surface area contributed by atoms with Gasteiger partial charge in [0.1, 0.15) is 97.1 Å². The number of ether oxygens (including phenoxy) is 8. The molecule has 3 aliphatic heterocycles. The maximum Gasteiger partial charge on any atom is 0.338 e. The monoisotopic (exact) mass is 1110 g/mol. The molecule has 0 bridgehead atoms. The van der Waals surface area contributed by atoms with Gasteiger partial charge in [0.05, 0.1) is 37.6 Å². The van der Waals surface area contributed by atoms with Gasteiger partial charge in [0.15, 0.2) is 18.7 Å². The highest BCUT2D eigenvalue weighted by atomic mass is 16.8. The van der Waals surface area contributed by atoms with Gasteiger partial charge in [-0.15, -0.1) is 0 Å². The van der Waals surface area contributed by atoms with Crippen LogP contribution in [0.15, 0.2) is 109 Å². The van der Waals surface area contributed by atoms with Crippen molar-refractivity contribution in [2.75, 3.05) is 19.8 Å². The number of hydrogen-bond acceptors (Lipinski definition) is 22. The first-order valence-corrected chi connectivity index (χ1v) is 26.2. The number of carbonyl (C=O) groups is 2. The third-order valence-electron chi connectivity index (χ3n) is 13.3. The average Bonchev–Trinajstić information content (AvgIpc) is 3.44. The van der Waals surface area contributed by atoms with Crippen LogP contribution in [0.3, 0.4) is 0 Å². The summed E-state index contributed by atoms with van der Waals surface area (Å²) in [5, 5.41) is 130. The number of rotatable bonds is 25. The second kappa shape index (κ2) is 30.3. The van der Waals surface area contributed by atoms with Crippen LogP contribution >= 0.6 is 0 Å². The summed E-state index contributed by atoms with van der Waals surface area (Å²) in [4.78, 5) is 27.1. The number of benzene rings is 3. The fourth-order valence-electron chi connectivity index (χ4n) is 9.14. The van der Waals surface area contributed by atoms with Crippen LogP contribution in [0.5, 0.6) is 17.2 Å². The Morgan fingerprint density at radius 2 is 1.32 bits per heavy atom. The Morgan fingerprint density at radius 1 is 0.671 bits per heavy atom. The molecule has 16 atom stereocenters. The van der Waals surface area contributed by atoms with E-state index in [-0.39, 0.29) is 29.2 Å². The largest absolute Gasteiger partial charge is 0.508 e. The van der Waals surface area contributed by atoms with E-state index < -0.39 is 148 Å². The van der Waals surface area contributed by atoms with Gasteiger partial charge in [-0.2, -0.15) is 0 Å². The van der Waals surface area contributed by atoms with Gasteiger partial charge in [-0.3, -0.25) is 0 Å². The molecule has 12 N–H and O–H groups in total. The summed E-state index contributed by atoms with van der Waals surface area (Å²) in [5.41, 5.74) is 1.27. The average molecular weight is 1110 g/mol. The molecule has 3 aromatic carbocycles. The number of unbranched alkanes of at least 4 members (excludes halogenated alkanes) is 3. The lowest BCUT2D eigenvalue weighted by Gasteiger charge is -2.49. The minimum atomic E-state index is -2.13. The fraction of sp³-hybridized carbons (Fsp3) is 0.509. The predicted octanol–water partition coefficient (Wildman–Crippen LogP) is 2.18. The summed E-state index contributed by atoms with van der Waals surface area (Å²) in [7, 11) is 0. The van der Waals surface area contributed by atoms with Crippen molar-refractivity contribution in [2.24, 2.45) is 0 Å². The van der Waals surface area contributed by atoms with E-state index >= 15 is 0 Å². The Bertz CT molecular complexity index is 2490. The Morgan fingerprint density at radius 3 is 1.97 bits per heavy atom. The molecule has 3 saturated heterocycles. The number of aromatic hydroxyl groups is 2. The molecular weight excluding hydrogens is 1040 g/mol. The van der Waals surface area contributed by atoms with E-state index in [0.29, 0.717) is 5.75 Å². The molecular formula is C57H74O22. The summed E-state index contributed by atoms with van der Waals surface area (Å²) >= 11 is 0. The van der Waals surface area contributed by atoms with E-state index in [1.165, 1.54) is 24.3 Å². The zero-order valence-corrected chi connectivity index (χ0v) is 44.0. The minimum absolute atomic E-state index is 0.0197. The molecule has 6 rings (SSSR count). The molecule has 79 heavy (non-hydrogen) atoms. The maximum atomic E-state index is 13.7. The number of esters is 2. The van der Waals surface area contributed by atoms with E-state index in [2.05, 4.69) is 6.92 Å². The molecule has 3 heterocycles. The molecule has 0 saturated carbocycles. The van der Waals surface area contributed by atoms with E-state index in [0.717, 1.165) is 55.0 Å². The lowest BCUT2D eigenvalue weighted by molar-refractivity contribution is -0.382. The van der Waals surface area contributed by atoms with Gasteiger partial charge >= 0.3 is 11.9 Å². The standard InChI is InChI=1S/C57H74O22/c1-4-5-6-7-8-9-11-14-36(61)15-12-10-13-16-43(64)77-53-50(70)52(44-35(27-58)25-37(62)26-39(44)63)74-41(29-60)51(53)78-57-54(79-56-49(69)47(67)45(65)40(28-59)75-56)48(68)46(66)42(76-57)30-72-55(71)34-19-17-32(18-20-34)33-21-23-38(24-22-33)73-31(2)3/h8-14,16-26,31,36,40-42,45-54,56-63,65-70H,4-7,15,27-30H2,1-3H3/b9-8+,12-10+,14-11+,16-13+/t36-,40-,41-,42-,45+,46+,47+,48+,49-,50+,51-,52+,53-,54-,56+,57+/m1/s1. The van der Waals surface area contributed by atoms with Crippen LogP contribution in [0.1, 0.15) is 80.5 Å². The van der Waals surface area contributed by atoms with Crippen LogP contribution in [0.2, 0.25) is 0 Å². The number of aliphatic hydroxyl groups excluding tert-OH is 10. The first kappa shape index (κ1) is 62.6. The first-order chi connectivity index (χ1) is 37.9. The summed E-state index contributed by atoms with van der Waals surface area (Å²) in [6.45, 7) is 2.50. The van der Waals surface area contributed by atoms with Crippen LogP contribution in [0.25, 0.3) is 11.1 Å². The van der Waals surface area contributed by atoms with Gasteiger partial charge in [0.25, 0.3) is 0 Å². The second-order valence-electron chi connectivity index (χ2n) is 19.6. The van der Waals surface area contributed by atoms with Crippen LogP contribution in [-0.4, -0.2) is 191 Å². The molecule has 3 aliphatic rings. The van der Waals surface area contributed by atoms with Crippen molar-refractivity contribution in [1.82, 2.24) is 0 Å². The van der Waals surface area contributed by atoms with Gasteiger partial charge in [0.2, 0.25) is 0 Å². The lowest BCUT2D eigenvalue weighted by Crippen LogP contribution is -2.66. The topological polar surface area (TPSA) is 351 Å². The van der Waals surface area contributed by atoms with E-state index in [9.17, 15) is 70.9 Å². The zero-order chi connectivity index (χ0) is 57.3. The second-order valence-corrected chi connectivity index (χ2v) is 19.6. The molecule has 22 heteroatoms. The van der Waals surface area contributed by atoms with Crippen LogP contribution in [-0.2, 0) is 44.6 Å². The van der Waals surface area contributed by atoms with Gasteiger partial charge in [-0.25, -0.2) is 9.59 Å². The molecule has 0 radical (unpaired) electrons. The normalized spacial score (nSPS) is 29.9. The SMILES string of the molecule is CCCCC/C=C/C=C/[C@@H](O)C/C=C/C=C/C(=O)O[C@@H]1[C@@H](O)[C@H](c2c(O)cc(O)cc2CO)O[C@H](CO)[C@H]1O[C@@H]1O[C@H](COC(=O)c2ccc(-c3ccc(OC(C)C)cc3)cc2)[C@H](O)[C@H](O)[C@H]1O[C@@H]1O[C@H](CO)[C@H](O)[C@H](O)[C@H]1O. The van der Waals surface area contributed by atoms with Crippen LogP contribution < -0.4 is 4.74 Å². The van der Waals surface area contributed by atoms with Crippen molar-refractivity contribution in [3.63, 3.8) is 0 Å². The molecule has 3 fully saturated rings. The van der Waals surface area contributed by atoms with Crippen LogP contribution in [0.4, 0.5) is 0 Å². The number of aliphatic hydroxyl groups is 10. The highest BCUT2D eigenvalue weighted by molar-refractivity contribution is 5.90. The van der Waals surface area contributed by atoms with Crippen molar-refractivity contribution in [2.45, 2.75) is 164 Å². The maximum absolute atomic E-state index is 13.7. The Kier molecular flexibility index (Phi) is 24.0. The third kappa shape index (κ3) is 16.7. The van der Waals surface area contributed by atoms with Gasteiger partial charge in [0, 0.05) is 17.7 Å². The van der Waals surface area contributed by atoms with Gasteiger partial charge in [-0.05, 0) is 80.1 Å². The number of hydrogen-bond donors (Lipinski definition) is 12. The number of phenolic OH excluding ortho intramolecular Hbond substituents is 2. The zero-order valence-electron chi connectivity index (χ0n) is 44.0. The Hall–Kier alpha value is -5.64. The fourth-order valence-corrected chi connectivity index (χ4v) is 9.14.